The molecule has 7 heteroatoms. The van der Waals surface area contributed by atoms with Crippen LogP contribution >= 0.6 is 35.3 Å². The number of rotatable bonds is 9. The molecule has 0 aromatic carbocycles. The van der Waals surface area contributed by atoms with E-state index in [4.69, 9.17) is 0 Å². The largest absolute Gasteiger partial charge is 0.383 e. The van der Waals surface area contributed by atoms with Crippen LogP contribution in [0, 0.1) is 0 Å². The van der Waals surface area contributed by atoms with Crippen molar-refractivity contribution in [1.29, 1.82) is 0 Å². The summed E-state index contributed by atoms with van der Waals surface area (Å²) >= 11 is 1.59. The molecule has 0 fully saturated rings. The van der Waals surface area contributed by atoms with Crippen molar-refractivity contribution in [1.82, 2.24) is 15.5 Å². The van der Waals surface area contributed by atoms with Crippen LogP contribution in [0.25, 0.3) is 0 Å². The van der Waals surface area contributed by atoms with Gasteiger partial charge >= 0.3 is 0 Å². The maximum atomic E-state index is 10.6. The number of hydrogen-bond donors (Lipinski definition) is 3. The Bertz CT molecular complexity index is 463. The molecule has 1 aromatic rings. The number of nitrogens with zero attached hydrogens (tertiary/aromatic N) is 2. The van der Waals surface area contributed by atoms with Gasteiger partial charge in [0, 0.05) is 25.7 Å². The summed E-state index contributed by atoms with van der Waals surface area (Å²) in [5, 5.41) is 21.1. The fraction of sp³-hybridized carbons (Fsp3) is 0.706. The summed E-state index contributed by atoms with van der Waals surface area (Å²) in [5.74, 6) is 0.753. The highest BCUT2D eigenvalue weighted by atomic mass is 127. The topological polar surface area (TPSA) is 59.9 Å². The number of likely N-dealkylation sites (N-methyl/N-ethyl adjacent to an activating group) is 1. The molecule has 0 amide bonds. The van der Waals surface area contributed by atoms with E-state index in [0.717, 1.165) is 37.7 Å². The molecule has 0 saturated carbocycles. The summed E-state index contributed by atoms with van der Waals surface area (Å²) in [6, 6.07) is 2.49. The highest BCUT2D eigenvalue weighted by Gasteiger charge is 2.23. The molecular formula is C17H33IN4OS. The average molecular weight is 468 g/mol. The number of nitrogens with one attached hydrogen (secondary N) is 2. The molecular weight excluding hydrogens is 435 g/mol. The van der Waals surface area contributed by atoms with Crippen LogP contribution in [0.1, 0.15) is 40.2 Å². The van der Waals surface area contributed by atoms with Gasteiger partial charge in [-0.25, -0.2) is 4.99 Å². The summed E-state index contributed by atoms with van der Waals surface area (Å²) < 4.78 is 0. The van der Waals surface area contributed by atoms with Crippen LogP contribution in [0.5, 0.6) is 0 Å². The molecule has 0 radical (unpaired) electrons. The molecule has 3 N–H and O–H groups in total. The second-order valence-electron chi connectivity index (χ2n) is 6.13. The normalized spacial score (nSPS) is 14.4. The van der Waals surface area contributed by atoms with Crippen molar-refractivity contribution >= 4 is 41.3 Å². The monoisotopic (exact) mass is 468 g/mol. The van der Waals surface area contributed by atoms with Crippen LogP contribution in [0.15, 0.2) is 21.8 Å². The Morgan fingerprint density at radius 2 is 2.08 bits per heavy atom. The molecule has 0 spiro atoms. The number of aliphatic hydroxyl groups is 1. The molecule has 1 rings (SSSR count). The standard InChI is InChI=1S/C17H32N4OS.HI/c1-6-18-16(19-9-10-21(7-2)14(3)4)20-13-17(5,22)15-8-11-23-12-15;/h8,11-12,14,22H,6-7,9-10,13H2,1-5H3,(H2,18,19,20);1H. The lowest BCUT2D eigenvalue weighted by atomic mass is 10.00. The molecule has 1 atom stereocenters. The first-order valence-electron chi connectivity index (χ1n) is 8.42. The van der Waals surface area contributed by atoms with Crippen LogP contribution < -0.4 is 10.6 Å². The summed E-state index contributed by atoms with van der Waals surface area (Å²) in [4.78, 5) is 6.94. The number of hydrogen-bond acceptors (Lipinski definition) is 4. The van der Waals surface area contributed by atoms with E-state index in [0.29, 0.717) is 12.6 Å². The number of thiophene rings is 1. The molecule has 0 aliphatic heterocycles. The molecule has 0 aliphatic rings. The summed E-state index contributed by atoms with van der Waals surface area (Å²) in [7, 11) is 0. The van der Waals surface area contributed by atoms with Crippen molar-refractivity contribution < 1.29 is 5.11 Å². The van der Waals surface area contributed by atoms with Gasteiger partial charge in [0.25, 0.3) is 0 Å². The van der Waals surface area contributed by atoms with Crippen molar-refractivity contribution in [3.63, 3.8) is 0 Å². The molecule has 1 aromatic heterocycles. The van der Waals surface area contributed by atoms with Crippen LogP contribution in [-0.4, -0.2) is 54.7 Å². The number of halogens is 1. The van der Waals surface area contributed by atoms with Gasteiger partial charge in [0.1, 0.15) is 5.60 Å². The third kappa shape index (κ3) is 8.13. The highest BCUT2D eigenvalue weighted by Crippen LogP contribution is 2.23. The fourth-order valence-electron chi connectivity index (χ4n) is 2.34. The van der Waals surface area contributed by atoms with Gasteiger partial charge in [0.2, 0.25) is 0 Å². The van der Waals surface area contributed by atoms with Gasteiger partial charge in [0.15, 0.2) is 5.96 Å². The quantitative estimate of drug-likeness (QED) is 0.297. The zero-order valence-corrected chi connectivity index (χ0v) is 18.6. The Morgan fingerprint density at radius 1 is 1.38 bits per heavy atom. The Labute approximate surface area is 168 Å². The predicted octanol–water partition coefficient (Wildman–Crippen LogP) is 2.86. The molecule has 24 heavy (non-hydrogen) atoms. The lowest BCUT2D eigenvalue weighted by Gasteiger charge is -2.25. The minimum Gasteiger partial charge on any atom is -0.383 e. The van der Waals surface area contributed by atoms with E-state index in [1.165, 1.54) is 0 Å². The van der Waals surface area contributed by atoms with E-state index in [1.807, 2.05) is 23.8 Å². The second kappa shape index (κ2) is 12.1. The molecule has 0 aliphatic carbocycles. The first kappa shape index (κ1) is 23.6. The van der Waals surface area contributed by atoms with Crippen LogP contribution in [0.2, 0.25) is 0 Å². The van der Waals surface area contributed by atoms with Crippen LogP contribution in [-0.2, 0) is 5.60 Å². The van der Waals surface area contributed by atoms with Crippen molar-refractivity contribution in [3.8, 4) is 0 Å². The molecule has 5 nitrogen and oxygen atoms in total. The summed E-state index contributed by atoms with van der Waals surface area (Å²) in [6.07, 6.45) is 0. The minimum atomic E-state index is -0.935. The van der Waals surface area contributed by atoms with E-state index in [9.17, 15) is 5.11 Å². The van der Waals surface area contributed by atoms with Gasteiger partial charge in [-0.1, -0.05) is 6.92 Å². The zero-order valence-electron chi connectivity index (χ0n) is 15.5. The summed E-state index contributed by atoms with van der Waals surface area (Å²) in [5.41, 5.74) is -0.0190. The smallest absolute Gasteiger partial charge is 0.191 e. The Kier molecular flexibility index (Phi) is 11.9. The zero-order chi connectivity index (χ0) is 17.3. The Morgan fingerprint density at radius 3 is 2.58 bits per heavy atom. The SMILES string of the molecule is CCNC(=NCC(C)(O)c1ccsc1)NCCN(CC)C(C)C.I. The predicted molar refractivity (Wildman–Crippen MR) is 116 cm³/mol. The summed E-state index contributed by atoms with van der Waals surface area (Å²) in [6.45, 7) is 14.4. The van der Waals surface area contributed by atoms with Gasteiger partial charge in [-0.3, -0.25) is 4.90 Å². The van der Waals surface area contributed by atoms with Crippen molar-refractivity contribution in [2.75, 3.05) is 32.7 Å². The molecule has 1 unspecified atom stereocenters. The second-order valence-corrected chi connectivity index (χ2v) is 6.91. The van der Waals surface area contributed by atoms with E-state index in [1.54, 1.807) is 18.3 Å². The molecule has 140 valence electrons. The maximum Gasteiger partial charge on any atom is 0.191 e. The van der Waals surface area contributed by atoms with Gasteiger partial charge < -0.3 is 15.7 Å². The fourth-order valence-corrected chi connectivity index (χ4v) is 3.12. The molecule has 0 saturated heterocycles. The third-order valence-electron chi connectivity index (χ3n) is 3.86. The number of guanidine groups is 1. The first-order valence-corrected chi connectivity index (χ1v) is 9.36. The first-order chi connectivity index (χ1) is 10.9. The van der Waals surface area contributed by atoms with E-state index < -0.39 is 5.60 Å². The molecule has 0 bridgehead atoms. The Hall–Kier alpha value is -0.380. The maximum absolute atomic E-state index is 10.6. The lowest BCUT2D eigenvalue weighted by Crippen LogP contribution is -2.43. The van der Waals surface area contributed by atoms with Crippen molar-refractivity contribution in [3.05, 3.63) is 22.4 Å². The van der Waals surface area contributed by atoms with E-state index in [-0.39, 0.29) is 24.0 Å². The van der Waals surface area contributed by atoms with E-state index in [2.05, 4.69) is 41.3 Å². The van der Waals surface area contributed by atoms with Crippen LogP contribution in [0.3, 0.4) is 0 Å². The van der Waals surface area contributed by atoms with Gasteiger partial charge in [-0.05, 0) is 56.6 Å². The Balaban J connectivity index is 0.00000529. The van der Waals surface area contributed by atoms with Crippen LogP contribution in [0.4, 0.5) is 0 Å². The average Bonchev–Trinajstić information content (AvgIpc) is 3.04. The van der Waals surface area contributed by atoms with E-state index >= 15 is 0 Å². The van der Waals surface area contributed by atoms with Gasteiger partial charge in [0.05, 0.1) is 6.54 Å². The van der Waals surface area contributed by atoms with Gasteiger partial charge in [-0.15, -0.1) is 24.0 Å². The number of aliphatic imine (C=N–C) groups is 1. The van der Waals surface area contributed by atoms with Crippen molar-refractivity contribution in [2.24, 2.45) is 4.99 Å². The highest BCUT2D eigenvalue weighted by molar-refractivity contribution is 14.0. The minimum absolute atomic E-state index is 0. The third-order valence-corrected chi connectivity index (χ3v) is 4.54. The van der Waals surface area contributed by atoms with Crippen molar-refractivity contribution in [2.45, 2.75) is 46.3 Å². The molecule has 1 heterocycles. The van der Waals surface area contributed by atoms with Gasteiger partial charge in [-0.2, -0.15) is 11.3 Å². The lowest BCUT2D eigenvalue weighted by molar-refractivity contribution is 0.0677.